The average molecular weight is 290 g/mol. The van der Waals surface area contributed by atoms with Crippen LogP contribution in [-0.4, -0.2) is 4.98 Å². The molecule has 0 aliphatic heterocycles. The van der Waals surface area contributed by atoms with E-state index in [2.05, 4.69) is 18.0 Å². The smallest absolute Gasteiger partial charge is 0.218 e. The Morgan fingerprint density at radius 1 is 1.20 bits per heavy atom. The molecule has 2 aromatic rings. The van der Waals surface area contributed by atoms with Gasteiger partial charge in [0.25, 0.3) is 0 Å². The van der Waals surface area contributed by atoms with E-state index in [-0.39, 0.29) is 0 Å². The van der Waals surface area contributed by atoms with Crippen molar-refractivity contribution >= 4 is 11.6 Å². The fourth-order valence-corrected chi connectivity index (χ4v) is 2.50. The van der Waals surface area contributed by atoms with Gasteiger partial charge in [0.15, 0.2) is 0 Å². The van der Waals surface area contributed by atoms with Gasteiger partial charge in [-0.05, 0) is 30.5 Å². The first-order valence-corrected chi connectivity index (χ1v) is 7.50. The summed E-state index contributed by atoms with van der Waals surface area (Å²) < 4.78 is 5.89. The summed E-state index contributed by atoms with van der Waals surface area (Å²) in [5.41, 5.74) is 4.38. The normalized spacial score (nSPS) is 10.6. The van der Waals surface area contributed by atoms with E-state index in [1.165, 1.54) is 5.56 Å². The van der Waals surface area contributed by atoms with E-state index in [1.807, 2.05) is 37.3 Å². The molecule has 0 radical (unpaired) electrons. The van der Waals surface area contributed by atoms with Crippen molar-refractivity contribution in [2.75, 3.05) is 0 Å². The van der Waals surface area contributed by atoms with Gasteiger partial charge in [-0.2, -0.15) is 0 Å². The van der Waals surface area contributed by atoms with Crippen LogP contribution in [0.5, 0.6) is 5.88 Å². The van der Waals surface area contributed by atoms with Crippen molar-refractivity contribution in [2.45, 2.75) is 39.2 Å². The Labute approximate surface area is 125 Å². The van der Waals surface area contributed by atoms with Crippen molar-refractivity contribution in [1.29, 1.82) is 0 Å². The zero-order valence-corrected chi connectivity index (χ0v) is 12.8. The zero-order chi connectivity index (χ0) is 14.4. The third-order valence-corrected chi connectivity index (χ3v) is 3.45. The van der Waals surface area contributed by atoms with Gasteiger partial charge in [-0.15, -0.1) is 11.6 Å². The van der Waals surface area contributed by atoms with E-state index in [0.29, 0.717) is 18.4 Å². The van der Waals surface area contributed by atoms with E-state index in [0.717, 1.165) is 29.7 Å². The highest BCUT2D eigenvalue weighted by Gasteiger charge is 2.11. The summed E-state index contributed by atoms with van der Waals surface area (Å²) in [4.78, 5) is 4.50. The van der Waals surface area contributed by atoms with Crippen LogP contribution in [0, 0.1) is 6.92 Å². The maximum atomic E-state index is 6.09. The highest BCUT2D eigenvalue weighted by atomic mass is 35.5. The standard InChI is InChI=1S/C17H20ClNO/c1-3-7-15-10-13(2)19-17(16(15)11-18)20-12-14-8-5-4-6-9-14/h4-6,8-10H,3,7,11-12H2,1-2H3. The fraction of sp³-hybridized carbons (Fsp3) is 0.353. The Bertz CT molecular complexity index is 554. The highest BCUT2D eigenvalue weighted by molar-refractivity contribution is 6.17. The number of hydrogen-bond donors (Lipinski definition) is 0. The number of halogens is 1. The third-order valence-electron chi connectivity index (χ3n) is 3.18. The van der Waals surface area contributed by atoms with Gasteiger partial charge in [0.05, 0.1) is 5.88 Å². The summed E-state index contributed by atoms with van der Waals surface area (Å²) >= 11 is 6.09. The molecule has 0 N–H and O–H groups in total. The number of hydrogen-bond acceptors (Lipinski definition) is 2. The van der Waals surface area contributed by atoms with Crippen molar-refractivity contribution in [3.05, 3.63) is 58.8 Å². The molecular weight excluding hydrogens is 270 g/mol. The van der Waals surface area contributed by atoms with Crippen LogP contribution in [0.25, 0.3) is 0 Å². The van der Waals surface area contributed by atoms with Crippen molar-refractivity contribution in [1.82, 2.24) is 4.98 Å². The van der Waals surface area contributed by atoms with Crippen LogP contribution in [0.2, 0.25) is 0 Å². The van der Waals surface area contributed by atoms with Crippen LogP contribution in [0.3, 0.4) is 0 Å². The molecule has 3 heteroatoms. The fourth-order valence-electron chi connectivity index (χ4n) is 2.22. The highest BCUT2D eigenvalue weighted by Crippen LogP contribution is 2.25. The van der Waals surface area contributed by atoms with Gasteiger partial charge in [0.2, 0.25) is 5.88 Å². The van der Waals surface area contributed by atoms with Gasteiger partial charge in [-0.25, -0.2) is 4.98 Å². The number of aryl methyl sites for hydroxylation is 2. The van der Waals surface area contributed by atoms with Crippen molar-refractivity contribution < 1.29 is 4.74 Å². The molecule has 0 saturated heterocycles. The molecule has 1 aromatic carbocycles. The third kappa shape index (κ3) is 3.73. The molecule has 106 valence electrons. The first-order chi connectivity index (χ1) is 9.74. The van der Waals surface area contributed by atoms with Crippen molar-refractivity contribution in [3.8, 4) is 5.88 Å². The first-order valence-electron chi connectivity index (χ1n) is 6.96. The van der Waals surface area contributed by atoms with Crippen molar-refractivity contribution in [2.24, 2.45) is 0 Å². The van der Waals surface area contributed by atoms with Gasteiger partial charge < -0.3 is 4.74 Å². The quantitative estimate of drug-likeness (QED) is 0.722. The second-order valence-corrected chi connectivity index (χ2v) is 5.13. The molecule has 2 nitrogen and oxygen atoms in total. The second kappa shape index (κ2) is 7.30. The molecule has 0 amide bonds. The summed E-state index contributed by atoms with van der Waals surface area (Å²) in [5, 5.41) is 0. The molecule has 0 atom stereocenters. The van der Waals surface area contributed by atoms with Gasteiger partial charge in [-0.1, -0.05) is 43.7 Å². The summed E-state index contributed by atoms with van der Waals surface area (Å²) in [6.07, 6.45) is 2.10. The lowest BCUT2D eigenvalue weighted by atomic mass is 10.1. The summed E-state index contributed by atoms with van der Waals surface area (Å²) in [6, 6.07) is 12.2. The van der Waals surface area contributed by atoms with Gasteiger partial charge >= 0.3 is 0 Å². The molecule has 0 aliphatic rings. The molecule has 20 heavy (non-hydrogen) atoms. The average Bonchev–Trinajstić information content (AvgIpc) is 2.46. The monoisotopic (exact) mass is 289 g/mol. The lowest BCUT2D eigenvalue weighted by Crippen LogP contribution is -2.04. The molecule has 0 bridgehead atoms. The first kappa shape index (κ1) is 14.9. The van der Waals surface area contributed by atoms with Crippen LogP contribution in [0.1, 0.15) is 35.7 Å². The Morgan fingerprint density at radius 3 is 2.60 bits per heavy atom. The van der Waals surface area contributed by atoms with E-state index in [9.17, 15) is 0 Å². The SMILES string of the molecule is CCCc1cc(C)nc(OCc2ccccc2)c1CCl. The molecule has 1 aromatic heterocycles. The number of rotatable bonds is 6. The molecular formula is C17H20ClNO. The Morgan fingerprint density at radius 2 is 1.95 bits per heavy atom. The van der Waals surface area contributed by atoms with E-state index in [4.69, 9.17) is 16.3 Å². The molecule has 0 fully saturated rings. The minimum atomic E-state index is 0.437. The van der Waals surface area contributed by atoms with Gasteiger partial charge in [0.1, 0.15) is 6.61 Å². The van der Waals surface area contributed by atoms with Crippen LogP contribution in [0.15, 0.2) is 36.4 Å². The predicted octanol–water partition coefficient (Wildman–Crippen LogP) is 4.66. The number of nitrogens with zero attached hydrogens (tertiary/aromatic N) is 1. The van der Waals surface area contributed by atoms with Crippen molar-refractivity contribution in [3.63, 3.8) is 0 Å². The number of benzene rings is 1. The maximum absolute atomic E-state index is 6.09. The van der Waals surface area contributed by atoms with Crippen LogP contribution >= 0.6 is 11.6 Å². The molecule has 0 unspecified atom stereocenters. The number of aromatic nitrogens is 1. The van der Waals surface area contributed by atoms with E-state index in [1.54, 1.807) is 0 Å². The number of ether oxygens (including phenoxy) is 1. The summed E-state index contributed by atoms with van der Waals surface area (Å²) in [6.45, 7) is 4.68. The van der Waals surface area contributed by atoms with E-state index >= 15 is 0 Å². The second-order valence-electron chi connectivity index (χ2n) is 4.86. The van der Waals surface area contributed by atoms with Gasteiger partial charge in [0, 0.05) is 11.3 Å². The lowest BCUT2D eigenvalue weighted by molar-refractivity contribution is 0.290. The van der Waals surface area contributed by atoms with Crippen LogP contribution in [0.4, 0.5) is 0 Å². The Hall–Kier alpha value is -1.54. The molecule has 0 saturated carbocycles. The van der Waals surface area contributed by atoms with Gasteiger partial charge in [-0.3, -0.25) is 0 Å². The summed E-state index contributed by atoms with van der Waals surface area (Å²) in [7, 11) is 0. The number of alkyl halides is 1. The molecule has 1 heterocycles. The predicted molar refractivity (Wildman–Crippen MR) is 83.3 cm³/mol. The lowest BCUT2D eigenvalue weighted by Gasteiger charge is -2.14. The molecule has 0 spiro atoms. The molecule has 0 aliphatic carbocycles. The van der Waals surface area contributed by atoms with E-state index < -0.39 is 0 Å². The minimum absolute atomic E-state index is 0.437. The van der Waals surface area contributed by atoms with Crippen LogP contribution < -0.4 is 4.74 Å². The maximum Gasteiger partial charge on any atom is 0.218 e. The summed E-state index contributed by atoms with van der Waals surface area (Å²) in [5.74, 6) is 1.11. The number of pyridine rings is 1. The molecule has 2 rings (SSSR count). The van der Waals surface area contributed by atoms with Crippen LogP contribution in [-0.2, 0) is 18.9 Å². The largest absolute Gasteiger partial charge is 0.473 e. The topological polar surface area (TPSA) is 22.1 Å². The zero-order valence-electron chi connectivity index (χ0n) is 12.0. The Balaban J connectivity index is 2.21. The Kier molecular flexibility index (Phi) is 5.42. The minimum Gasteiger partial charge on any atom is -0.473 e.